The maximum atomic E-state index is 12.0. The molecule has 1 saturated heterocycles. The number of piperidine rings is 1. The molecule has 0 aromatic heterocycles. The maximum Gasteiger partial charge on any atom is 0.156 e. The number of nitrogens with zero attached hydrogens (tertiary/aromatic N) is 2. The molecule has 4 heteroatoms. The Labute approximate surface area is 78.1 Å². The Morgan fingerprint density at radius 3 is 2.54 bits per heavy atom. The van der Waals surface area contributed by atoms with Gasteiger partial charge in [-0.2, -0.15) is 5.26 Å². The number of halogens is 1. The minimum atomic E-state index is -0.618. The summed E-state index contributed by atoms with van der Waals surface area (Å²) in [6, 6.07) is 2.19. The molecule has 1 heterocycles. The van der Waals surface area contributed by atoms with E-state index in [0.29, 0.717) is 19.4 Å². The molecule has 3 nitrogen and oxygen atoms in total. The number of rotatable bonds is 3. The fourth-order valence-corrected chi connectivity index (χ4v) is 1.62. The predicted molar refractivity (Wildman–Crippen MR) is 47.0 cm³/mol. The van der Waals surface area contributed by atoms with E-state index in [-0.39, 0.29) is 6.67 Å². The summed E-state index contributed by atoms with van der Waals surface area (Å²) in [6.45, 7) is 1.67. The van der Waals surface area contributed by atoms with E-state index in [1.54, 1.807) is 7.11 Å². The second kappa shape index (κ2) is 4.54. The highest BCUT2D eigenvalue weighted by atomic mass is 19.1. The van der Waals surface area contributed by atoms with Gasteiger partial charge in [0.2, 0.25) is 0 Å². The van der Waals surface area contributed by atoms with E-state index in [2.05, 4.69) is 6.07 Å². The Morgan fingerprint density at radius 1 is 1.54 bits per heavy atom. The fraction of sp³-hybridized carbons (Fsp3) is 0.889. The quantitative estimate of drug-likeness (QED) is 0.658. The predicted octanol–water partition coefficient (Wildman–Crippen LogP) is 0.960. The maximum absolute atomic E-state index is 12.0. The molecule has 0 N–H and O–H groups in total. The van der Waals surface area contributed by atoms with E-state index in [9.17, 15) is 4.39 Å². The van der Waals surface area contributed by atoms with Crippen LogP contribution in [-0.4, -0.2) is 43.9 Å². The minimum absolute atomic E-state index is 0.313. The van der Waals surface area contributed by atoms with Crippen LogP contribution in [0.3, 0.4) is 0 Å². The van der Waals surface area contributed by atoms with Gasteiger partial charge in [-0.05, 0) is 0 Å². The molecule has 0 radical (unpaired) electrons. The molecular weight excluding hydrogens is 171 g/mol. The van der Waals surface area contributed by atoms with Gasteiger partial charge in [-0.25, -0.2) is 4.39 Å². The van der Waals surface area contributed by atoms with Crippen LogP contribution >= 0.6 is 0 Å². The van der Waals surface area contributed by atoms with Gasteiger partial charge in [-0.1, -0.05) is 0 Å². The number of methoxy groups -OCH3 is 1. The van der Waals surface area contributed by atoms with Crippen LogP contribution in [0, 0.1) is 11.3 Å². The number of ether oxygens (including phenoxy) is 1. The van der Waals surface area contributed by atoms with Gasteiger partial charge in [-0.15, -0.1) is 0 Å². The molecule has 1 aliphatic rings. The molecule has 0 unspecified atom stereocenters. The van der Waals surface area contributed by atoms with Crippen LogP contribution in [0.5, 0.6) is 0 Å². The van der Waals surface area contributed by atoms with Crippen LogP contribution in [0.1, 0.15) is 12.8 Å². The van der Waals surface area contributed by atoms with Gasteiger partial charge in [0.25, 0.3) is 0 Å². The summed E-state index contributed by atoms with van der Waals surface area (Å²) in [4.78, 5) is 2.02. The first kappa shape index (κ1) is 10.4. The van der Waals surface area contributed by atoms with E-state index in [1.807, 2.05) is 4.90 Å². The molecule has 0 aliphatic carbocycles. The lowest BCUT2D eigenvalue weighted by Gasteiger charge is -2.35. The highest BCUT2D eigenvalue weighted by Crippen LogP contribution is 2.24. The summed E-state index contributed by atoms with van der Waals surface area (Å²) in [5, 5.41) is 8.89. The third kappa shape index (κ3) is 2.39. The van der Waals surface area contributed by atoms with Crippen molar-refractivity contribution in [3.63, 3.8) is 0 Å². The lowest BCUT2D eigenvalue weighted by molar-refractivity contribution is -0.0147. The Bertz CT molecular complexity index is 194. The Morgan fingerprint density at radius 2 is 2.15 bits per heavy atom. The summed E-state index contributed by atoms with van der Waals surface area (Å²) in [5.41, 5.74) is -0.618. The van der Waals surface area contributed by atoms with Crippen LogP contribution in [-0.2, 0) is 4.74 Å². The van der Waals surface area contributed by atoms with Crippen LogP contribution in [0.15, 0.2) is 0 Å². The normalized spacial score (nSPS) is 22.5. The topological polar surface area (TPSA) is 36.3 Å². The van der Waals surface area contributed by atoms with Gasteiger partial charge in [0.15, 0.2) is 5.60 Å². The van der Waals surface area contributed by atoms with E-state index >= 15 is 0 Å². The van der Waals surface area contributed by atoms with Crippen molar-refractivity contribution in [3.8, 4) is 6.07 Å². The highest BCUT2D eigenvalue weighted by Gasteiger charge is 2.34. The lowest BCUT2D eigenvalue weighted by atomic mass is 9.93. The first-order chi connectivity index (χ1) is 6.26. The number of alkyl halides is 1. The second-order valence-corrected chi connectivity index (χ2v) is 3.34. The number of hydrogen-bond acceptors (Lipinski definition) is 3. The van der Waals surface area contributed by atoms with Crippen molar-refractivity contribution >= 4 is 0 Å². The van der Waals surface area contributed by atoms with Crippen LogP contribution in [0.2, 0.25) is 0 Å². The van der Waals surface area contributed by atoms with Gasteiger partial charge < -0.3 is 9.64 Å². The summed E-state index contributed by atoms with van der Waals surface area (Å²) in [7, 11) is 1.56. The molecule has 13 heavy (non-hydrogen) atoms. The van der Waals surface area contributed by atoms with Crippen molar-refractivity contribution in [1.29, 1.82) is 5.26 Å². The molecule has 0 aromatic carbocycles. The lowest BCUT2D eigenvalue weighted by Crippen LogP contribution is -2.45. The first-order valence-corrected chi connectivity index (χ1v) is 4.51. The van der Waals surface area contributed by atoms with E-state index < -0.39 is 5.60 Å². The Balaban J connectivity index is 2.42. The molecule has 0 aromatic rings. The Hall–Kier alpha value is -0.660. The monoisotopic (exact) mass is 186 g/mol. The number of nitriles is 1. The average molecular weight is 186 g/mol. The third-order valence-electron chi connectivity index (χ3n) is 2.66. The summed E-state index contributed by atoms with van der Waals surface area (Å²) >= 11 is 0. The van der Waals surface area contributed by atoms with Gasteiger partial charge in [0.05, 0.1) is 6.07 Å². The summed E-state index contributed by atoms with van der Waals surface area (Å²) in [6.07, 6.45) is 1.36. The molecule has 1 fully saturated rings. The van der Waals surface area contributed by atoms with Crippen molar-refractivity contribution < 1.29 is 9.13 Å². The van der Waals surface area contributed by atoms with Gasteiger partial charge in [0.1, 0.15) is 6.67 Å². The van der Waals surface area contributed by atoms with Crippen molar-refractivity contribution in [3.05, 3.63) is 0 Å². The first-order valence-electron chi connectivity index (χ1n) is 4.51. The zero-order valence-corrected chi connectivity index (χ0v) is 7.92. The third-order valence-corrected chi connectivity index (χ3v) is 2.66. The highest BCUT2D eigenvalue weighted by molar-refractivity contribution is 5.04. The second-order valence-electron chi connectivity index (χ2n) is 3.34. The van der Waals surface area contributed by atoms with Gasteiger partial charge >= 0.3 is 0 Å². The largest absolute Gasteiger partial charge is 0.363 e. The molecule has 1 aliphatic heterocycles. The molecule has 0 saturated carbocycles. The van der Waals surface area contributed by atoms with E-state index in [1.165, 1.54) is 0 Å². The van der Waals surface area contributed by atoms with Crippen molar-refractivity contribution in [2.24, 2.45) is 0 Å². The smallest absolute Gasteiger partial charge is 0.156 e. The zero-order valence-electron chi connectivity index (χ0n) is 7.92. The molecule has 74 valence electrons. The van der Waals surface area contributed by atoms with E-state index in [0.717, 1.165) is 13.1 Å². The molecule has 0 spiro atoms. The van der Waals surface area contributed by atoms with Gasteiger partial charge in [-0.3, -0.25) is 0 Å². The van der Waals surface area contributed by atoms with Crippen molar-refractivity contribution in [2.45, 2.75) is 18.4 Å². The number of hydrogen-bond donors (Lipinski definition) is 0. The molecule has 1 rings (SSSR count). The number of likely N-dealkylation sites (tertiary alicyclic amines) is 1. The van der Waals surface area contributed by atoms with Crippen LogP contribution in [0.4, 0.5) is 4.39 Å². The molecular formula is C9H15FN2O. The fourth-order valence-electron chi connectivity index (χ4n) is 1.62. The van der Waals surface area contributed by atoms with Gasteiger partial charge in [0, 0.05) is 39.6 Å². The average Bonchev–Trinajstić information content (AvgIpc) is 2.20. The molecule has 0 atom stereocenters. The summed E-state index contributed by atoms with van der Waals surface area (Å²) < 4.78 is 17.2. The van der Waals surface area contributed by atoms with Crippen LogP contribution in [0.25, 0.3) is 0 Å². The summed E-state index contributed by atoms with van der Waals surface area (Å²) in [5.74, 6) is 0. The van der Waals surface area contributed by atoms with Crippen molar-refractivity contribution in [1.82, 2.24) is 4.90 Å². The zero-order chi connectivity index (χ0) is 9.73. The van der Waals surface area contributed by atoms with Crippen LogP contribution < -0.4 is 0 Å². The Kier molecular flexibility index (Phi) is 3.64. The SMILES string of the molecule is COC1(C#N)CCN(CCF)CC1. The molecule has 0 bridgehead atoms. The molecule has 0 amide bonds. The van der Waals surface area contributed by atoms with Crippen molar-refractivity contribution in [2.75, 3.05) is 33.4 Å². The van der Waals surface area contributed by atoms with E-state index in [4.69, 9.17) is 10.00 Å². The standard InChI is InChI=1S/C9H15FN2O/c1-13-9(8-11)2-5-12(6-3-9)7-4-10/h2-7H2,1H3. The minimum Gasteiger partial charge on any atom is -0.363 e.